The van der Waals surface area contributed by atoms with Crippen LogP contribution in [0.5, 0.6) is 0 Å². The van der Waals surface area contributed by atoms with Gasteiger partial charge in [-0.3, -0.25) is 14.6 Å². The topological polar surface area (TPSA) is 113 Å². The first-order valence-electron chi connectivity index (χ1n) is 5.54. The van der Waals surface area contributed by atoms with Gasteiger partial charge in [0.1, 0.15) is 11.7 Å². The van der Waals surface area contributed by atoms with Gasteiger partial charge in [-0.05, 0) is 6.42 Å². The molecule has 1 atom stereocenters. The van der Waals surface area contributed by atoms with E-state index in [1.807, 2.05) is 6.92 Å². The smallest absolute Gasteiger partial charge is 0.277 e. The van der Waals surface area contributed by atoms with Crippen LogP contribution in [0.25, 0.3) is 0 Å². The van der Waals surface area contributed by atoms with Gasteiger partial charge in [0, 0.05) is 13.0 Å². The number of hydrogen-bond acceptors (Lipinski definition) is 6. The van der Waals surface area contributed by atoms with E-state index in [1.54, 1.807) is 0 Å². The summed E-state index contributed by atoms with van der Waals surface area (Å²) in [5.74, 6) is 0.537. The van der Waals surface area contributed by atoms with Crippen LogP contribution in [0.15, 0.2) is 4.79 Å². The molecule has 1 aromatic rings. The number of carbonyl (C=O) groups is 1. The number of carbonyl (C=O) groups excluding carboxylic acids is 1. The number of nitrogen functional groups attached to an aromatic ring is 1. The molecular weight excluding hydrogens is 293 g/mol. The fourth-order valence-electron chi connectivity index (χ4n) is 1.79. The van der Waals surface area contributed by atoms with Gasteiger partial charge in [-0.25, -0.2) is 0 Å². The summed E-state index contributed by atoms with van der Waals surface area (Å²) < 4.78 is 0. The molecule has 1 unspecified atom stereocenters. The molecule has 108 valence electrons. The Morgan fingerprint density at radius 2 is 2.16 bits per heavy atom. The second-order valence-corrected chi connectivity index (χ2v) is 3.97. The molecule has 0 bridgehead atoms. The molecule has 19 heavy (non-hydrogen) atoms. The lowest BCUT2D eigenvalue weighted by Gasteiger charge is -2.25. The number of aromatic amines is 1. The minimum Gasteiger partial charge on any atom is -0.369 e. The van der Waals surface area contributed by atoms with Gasteiger partial charge < -0.3 is 16.4 Å². The third kappa shape index (κ3) is 3.74. The number of nitrogens with one attached hydrogen (secondary N) is 3. The minimum absolute atomic E-state index is 0. The van der Waals surface area contributed by atoms with Crippen LogP contribution in [0.4, 0.5) is 17.5 Å². The predicted octanol–water partition coefficient (Wildman–Crippen LogP) is 0.771. The molecule has 0 aromatic carbocycles. The van der Waals surface area contributed by atoms with Crippen LogP contribution in [0, 0.1) is 0 Å². The van der Waals surface area contributed by atoms with E-state index in [0.717, 1.165) is 6.42 Å². The Labute approximate surface area is 122 Å². The van der Waals surface area contributed by atoms with Crippen LogP contribution in [0.3, 0.4) is 0 Å². The van der Waals surface area contributed by atoms with Crippen molar-refractivity contribution in [2.75, 3.05) is 22.9 Å². The van der Waals surface area contributed by atoms with Crippen molar-refractivity contribution in [3.8, 4) is 0 Å². The minimum atomic E-state index is -0.381. The van der Waals surface area contributed by atoms with Crippen molar-refractivity contribution >= 4 is 48.1 Å². The number of anilines is 3. The number of hydrogen-bond donors (Lipinski definition) is 4. The van der Waals surface area contributed by atoms with Crippen molar-refractivity contribution in [2.45, 2.75) is 25.8 Å². The molecule has 0 amide bonds. The number of Topliss-reactive ketones (excluding diaryl/α,β-unsaturated/α-hetero) is 1. The number of nitrogens with zero attached hydrogens (tertiary/aromatic N) is 1. The first-order valence-corrected chi connectivity index (χ1v) is 5.54. The number of H-pyrrole nitrogens is 1. The summed E-state index contributed by atoms with van der Waals surface area (Å²) >= 11 is 0. The molecule has 0 spiro atoms. The van der Waals surface area contributed by atoms with Crippen LogP contribution < -0.4 is 21.9 Å². The van der Waals surface area contributed by atoms with E-state index < -0.39 is 0 Å². The van der Waals surface area contributed by atoms with Gasteiger partial charge >= 0.3 is 0 Å². The maximum Gasteiger partial charge on any atom is 0.277 e. The van der Waals surface area contributed by atoms with E-state index in [9.17, 15) is 9.59 Å². The lowest BCUT2D eigenvalue weighted by Crippen LogP contribution is -2.42. The molecule has 1 aliphatic heterocycles. The van der Waals surface area contributed by atoms with Gasteiger partial charge in [0.2, 0.25) is 5.95 Å². The van der Waals surface area contributed by atoms with E-state index in [-0.39, 0.29) is 53.8 Å². The fourth-order valence-corrected chi connectivity index (χ4v) is 1.79. The quantitative estimate of drug-likeness (QED) is 0.656. The highest BCUT2D eigenvalue weighted by Gasteiger charge is 2.25. The number of fused-ring (bicyclic) bond motifs is 1. The van der Waals surface area contributed by atoms with Gasteiger partial charge in [-0.2, -0.15) is 4.98 Å². The van der Waals surface area contributed by atoms with Crippen molar-refractivity contribution in [1.82, 2.24) is 9.97 Å². The maximum atomic E-state index is 11.7. The summed E-state index contributed by atoms with van der Waals surface area (Å²) in [4.78, 5) is 29.7. The zero-order valence-electron chi connectivity index (χ0n) is 10.4. The molecule has 1 aromatic heterocycles. The molecule has 0 radical (unpaired) electrons. The Kier molecular flexibility index (Phi) is 6.64. The highest BCUT2D eigenvalue weighted by atomic mass is 35.5. The third-order valence-corrected chi connectivity index (χ3v) is 2.61. The molecule has 2 heterocycles. The van der Waals surface area contributed by atoms with Gasteiger partial charge in [0.15, 0.2) is 11.6 Å². The number of nitrogens with two attached hydrogens (primary N) is 1. The lowest BCUT2D eigenvalue weighted by molar-refractivity contribution is -0.119. The van der Waals surface area contributed by atoms with E-state index in [2.05, 4.69) is 20.6 Å². The molecule has 5 N–H and O–H groups in total. The van der Waals surface area contributed by atoms with Gasteiger partial charge in [0.25, 0.3) is 5.56 Å². The number of aromatic nitrogens is 2. The molecule has 0 saturated carbocycles. The predicted molar refractivity (Wildman–Crippen MR) is 79.6 cm³/mol. The molecule has 1 aliphatic rings. The van der Waals surface area contributed by atoms with E-state index in [1.165, 1.54) is 0 Å². The average molecular weight is 310 g/mol. The largest absolute Gasteiger partial charge is 0.369 e. The van der Waals surface area contributed by atoms with Crippen LogP contribution in [0.1, 0.15) is 19.8 Å². The van der Waals surface area contributed by atoms with Crippen molar-refractivity contribution in [2.24, 2.45) is 0 Å². The van der Waals surface area contributed by atoms with Gasteiger partial charge in [0.05, 0.1) is 0 Å². The van der Waals surface area contributed by atoms with Crippen molar-refractivity contribution in [3.63, 3.8) is 0 Å². The Hall–Kier alpha value is -1.47. The Morgan fingerprint density at radius 3 is 2.79 bits per heavy atom. The Bertz CT molecular complexity index is 505. The summed E-state index contributed by atoms with van der Waals surface area (Å²) in [5, 5.41) is 5.84. The van der Waals surface area contributed by atoms with Crippen LogP contribution in [0.2, 0.25) is 0 Å². The molecule has 7 nitrogen and oxygen atoms in total. The third-order valence-electron chi connectivity index (χ3n) is 2.61. The Balaban J connectivity index is 0.00000162. The number of halogens is 2. The summed E-state index contributed by atoms with van der Waals surface area (Å²) in [7, 11) is 0. The second-order valence-electron chi connectivity index (χ2n) is 3.97. The van der Waals surface area contributed by atoms with Crippen LogP contribution in [-0.4, -0.2) is 28.3 Å². The molecule has 0 fully saturated rings. The summed E-state index contributed by atoms with van der Waals surface area (Å²) in [5.41, 5.74) is 5.33. The summed E-state index contributed by atoms with van der Waals surface area (Å²) in [6, 6.07) is -0.381. The standard InChI is InChI=1S/C10H15N5O2.2ClH/c1-2-3-6(16)5-4-12-8-7(13-5)9(17)15-10(11)14-8;;/h5,13H,2-4H2,1H3,(H4,11,12,14,15,17);2*1H. The first kappa shape index (κ1) is 17.5. The maximum absolute atomic E-state index is 11.7. The van der Waals surface area contributed by atoms with Crippen LogP contribution >= 0.6 is 24.8 Å². The monoisotopic (exact) mass is 309 g/mol. The van der Waals surface area contributed by atoms with Gasteiger partial charge in [-0.15, -0.1) is 24.8 Å². The van der Waals surface area contributed by atoms with E-state index in [0.29, 0.717) is 18.8 Å². The first-order chi connectivity index (χ1) is 8.11. The van der Waals surface area contributed by atoms with Crippen molar-refractivity contribution < 1.29 is 4.79 Å². The normalized spacial score (nSPS) is 15.9. The van der Waals surface area contributed by atoms with Crippen molar-refractivity contribution in [1.29, 1.82) is 0 Å². The number of rotatable bonds is 3. The van der Waals surface area contributed by atoms with E-state index in [4.69, 9.17) is 5.73 Å². The highest BCUT2D eigenvalue weighted by Crippen LogP contribution is 2.20. The van der Waals surface area contributed by atoms with Gasteiger partial charge in [-0.1, -0.05) is 6.92 Å². The van der Waals surface area contributed by atoms with E-state index >= 15 is 0 Å². The summed E-state index contributed by atoms with van der Waals surface area (Å²) in [6.07, 6.45) is 1.29. The zero-order chi connectivity index (χ0) is 12.4. The number of ketones is 1. The van der Waals surface area contributed by atoms with Crippen molar-refractivity contribution in [3.05, 3.63) is 10.4 Å². The lowest BCUT2D eigenvalue weighted by atomic mass is 10.1. The molecule has 9 heteroatoms. The molecule has 0 aliphatic carbocycles. The Morgan fingerprint density at radius 1 is 1.47 bits per heavy atom. The average Bonchev–Trinajstić information content (AvgIpc) is 2.28. The summed E-state index contributed by atoms with van der Waals surface area (Å²) in [6.45, 7) is 2.36. The van der Waals surface area contributed by atoms with Crippen LogP contribution in [-0.2, 0) is 4.79 Å². The highest BCUT2D eigenvalue weighted by molar-refractivity contribution is 5.89. The molecule has 2 rings (SSSR count). The molecular formula is C10H17Cl2N5O2. The fraction of sp³-hybridized carbons (Fsp3) is 0.500. The second kappa shape index (κ2) is 7.20. The molecule has 0 saturated heterocycles. The SMILES string of the molecule is CCCC(=O)C1CNc2nc(N)[nH]c(=O)c2N1.Cl.Cl. The zero-order valence-corrected chi connectivity index (χ0v) is 12.0.